The third-order valence-corrected chi connectivity index (χ3v) is 1.67. The lowest BCUT2D eigenvalue weighted by Gasteiger charge is -1.89. The Kier molecular flexibility index (Phi) is 16.0. The van der Waals surface area contributed by atoms with Gasteiger partial charge in [-0.05, 0) is 0 Å². The fraction of sp³-hybridized carbons (Fsp3) is 0.667. The lowest BCUT2D eigenvalue weighted by Crippen LogP contribution is -1.88. The first-order valence-electron chi connectivity index (χ1n) is 2.69. The first-order chi connectivity index (χ1) is 4.18. The normalized spacial score (nSPS) is 11.1. The third-order valence-electron chi connectivity index (χ3n) is 0.393. The summed E-state index contributed by atoms with van der Waals surface area (Å²) in [5.74, 6) is 1.64. The Morgan fingerprint density at radius 3 is 1.78 bits per heavy atom. The van der Waals surface area contributed by atoms with Gasteiger partial charge in [0.1, 0.15) is 0 Å². The van der Waals surface area contributed by atoms with E-state index in [1.165, 1.54) is 0 Å². The Morgan fingerprint density at radius 1 is 1.56 bits per heavy atom. The fourth-order valence-electron chi connectivity index (χ4n) is 0. The Labute approximate surface area is 74.3 Å². The summed E-state index contributed by atoms with van der Waals surface area (Å²) < 4.78 is 0. The van der Waals surface area contributed by atoms with Crippen LogP contribution in [-0.4, -0.2) is 16.8 Å². The van der Waals surface area contributed by atoms with Gasteiger partial charge < -0.3 is 0 Å². The number of hydrogen-bond acceptors (Lipinski definition) is 3. The first-order valence-corrected chi connectivity index (χ1v) is 4.47. The van der Waals surface area contributed by atoms with Crippen LogP contribution >= 0.6 is 37.9 Å². The highest BCUT2D eigenvalue weighted by Crippen LogP contribution is 1.91. The van der Waals surface area contributed by atoms with Gasteiger partial charge in [0.25, 0.3) is 0 Å². The van der Waals surface area contributed by atoms with Crippen LogP contribution < -0.4 is 0 Å². The van der Waals surface area contributed by atoms with Gasteiger partial charge in [-0.3, -0.25) is 0 Å². The molecule has 0 aromatic carbocycles. The van der Waals surface area contributed by atoms with Crippen molar-refractivity contribution in [1.82, 2.24) is 0 Å². The van der Waals surface area contributed by atoms with E-state index in [1.54, 1.807) is 6.08 Å². The molecule has 0 amide bonds. The van der Waals surface area contributed by atoms with Gasteiger partial charge in [-0.25, -0.2) is 0 Å². The standard InChI is InChI=1S/C3H8S2.C3H6S/c1-3(5)2-4;1-2-3-4/h3-5H,2H2,1H3;2,4H,1,3H2. The molecule has 0 aromatic rings. The lowest BCUT2D eigenvalue weighted by molar-refractivity contribution is 1.15. The maximum Gasteiger partial charge on any atom is 0.00799 e. The Bertz CT molecular complexity index is 52.3. The second-order valence-corrected chi connectivity index (χ2v) is 3.11. The van der Waals surface area contributed by atoms with Crippen LogP contribution in [0.5, 0.6) is 0 Å². The highest BCUT2D eigenvalue weighted by molar-refractivity contribution is 7.84. The van der Waals surface area contributed by atoms with Crippen LogP contribution in [0.1, 0.15) is 6.92 Å². The highest BCUT2D eigenvalue weighted by Gasteiger charge is 1.81. The van der Waals surface area contributed by atoms with E-state index in [0.29, 0.717) is 5.25 Å². The zero-order valence-electron chi connectivity index (χ0n) is 5.62. The van der Waals surface area contributed by atoms with Crippen molar-refractivity contribution in [2.75, 3.05) is 11.5 Å². The predicted octanol–water partition coefficient (Wildman–Crippen LogP) is 2.34. The molecular weight excluding hydrogens is 168 g/mol. The van der Waals surface area contributed by atoms with Crippen LogP contribution in [0.3, 0.4) is 0 Å². The van der Waals surface area contributed by atoms with E-state index >= 15 is 0 Å². The molecule has 0 fully saturated rings. The van der Waals surface area contributed by atoms with E-state index in [1.807, 2.05) is 6.92 Å². The van der Waals surface area contributed by atoms with E-state index in [4.69, 9.17) is 0 Å². The van der Waals surface area contributed by atoms with E-state index in [9.17, 15) is 0 Å². The van der Waals surface area contributed by atoms with Crippen molar-refractivity contribution < 1.29 is 0 Å². The van der Waals surface area contributed by atoms with Crippen molar-refractivity contribution in [3.8, 4) is 0 Å². The summed E-state index contributed by atoms with van der Waals surface area (Å²) in [4.78, 5) is 0. The van der Waals surface area contributed by atoms with Crippen molar-refractivity contribution in [2.24, 2.45) is 0 Å². The van der Waals surface area contributed by atoms with Gasteiger partial charge in [0.05, 0.1) is 0 Å². The second-order valence-electron chi connectivity index (χ2n) is 1.50. The molecule has 0 saturated heterocycles. The molecule has 56 valence electrons. The van der Waals surface area contributed by atoms with Crippen molar-refractivity contribution in [1.29, 1.82) is 0 Å². The van der Waals surface area contributed by atoms with E-state index in [-0.39, 0.29) is 0 Å². The van der Waals surface area contributed by atoms with Gasteiger partial charge in [0.2, 0.25) is 0 Å². The van der Waals surface area contributed by atoms with E-state index < -0.39 is 0 Å². The molecule has 0 N–H and O–H groups in total. The molecule has 0 radical (unpaired) electrons. The molecule has 0 saturated carbocycles. The summed E-state index contributed by atoms with van der Waals surface area (Å²) >= 11 is 11.8. The topological polar surface area (TPSA) is 0 Å². The molecular formula is C6H14S3. The predicted molar refractivity (Wildman–Crippen MR) is 56.4 cm³/mol. The molecule has 9 heavy (non-hydrogen) atoms. The van der Waals surface area contributed by atoms with Crippen molar-refractivity contribution >= 4 is 37.9 Å². The SMILES string of the molecule is C=CCS.CC(S)CS. The Hall–Kier alpha value is 0.790. The van der Waals surface area contributed by atoms with Crippen LogP contribution in [0.4, 0.5) is 0 Å². The van der Waals surface area contributed by atoms with E-state index in [2.05, 4.69) is 44.5 Å². The number of thiol groups is 3. The zero-order chi connectivity index (χ0) is 7.70. The van der Waals surface area contributed by atoms with Crippen molar-refractivity contribution in [2.45, 2.75) is 12.2 Å². The summed E-state index contributed by atoms with van der Waals surface area (Å²) in [6.07, 6.45) is 1.74. The Balaban J connectivity index is 0. The summed E-state index contributed by atoms with van der Waals surface area (Å²) in [5, 5.41) is 0.443. The van der Waals surface area contributed by atoms with Crippen molar-refractivity contribution in [3.63, 3.8) is 0 Å². The van der Waals surface area contributed by atoms with Gasteiger partial charge >= 0.3 is 0 Å². The molecule has 0 aromatic heterocycles. The maximum absolute atomic E-state index is 4.02. The third kappa shape index (κ3) is 28.2. The quantitative estimate of drug-likeness (QED) is 0.424. The van der Waals surface area contributed by atoms with Crippen LogP contribution in [0.25, 0.3) is 0 Å². The van der Waals surface area contributed by atoms with Gasteiger partial charge in [-0.15, -0.1) is 6.58 Å². The Morgan fingerprint density at radius 2 is 1.78 bits per heavy atom. The minimum atomic E-state index is 0.443. The van der Waals surface area contributed by atoms with Gasteiger partial charge in [-0.1, -0.05) is 13.0 Å². The molecule has 0 rings (SSSR count). The monoisotopic (exact) mass is 182 g/mol. The van der Waals surface area contributed by atoms with Gasteiger partial charge in [0.15, 0.2) is 0 Å². The van der Waals surface area contributed by atoms with E-state index in [0.717, 1.165) is 11.5 Å². The molecule has 1 unspecified atom stereocenters. The van der Waals surface area contributed by atoms with Gasteiger partial charge in [0, 0.05) is 16.8 Å². The second kappa shape index (κ2) is 11.6. The number of rotatable bonds is 2. The fourth-order valence-corrected chi connectivity index (χ4v) is 0. The maximum atomic E-state index is 4.02. The average molecular weight is 182 g/mol. The van der Waals surface area contributed by atoms with Crippen LogP contribution in [-0.2, 0) is 0 Å². The summed E-state index contributed by atoms with van der Waals surface area (Å²) in [6, 6.07) is 0. The van der Waals surface area contributed by atoms with Crippen molar-refractivity contribution in [3.05, 3.63) is 12.7 Å². The summed E-state index contributed by atoms with van der Waals surface area (Å²) in [5.41, 5.74) is 0. The van der Waals surface area contributed by atoms with Gasteiger partial charge in [-0.2, -0.15) is 37.9 Å². The molecule has 0 spiro atoms. The lowest BCUT2D eigenvalue weighted by atomic mass is 10.6. The molecule has 3 heteroatoms. The first kappa shape index (κ1) is 12.5. The summed E-state index contributed by atoms with van der Waals surface area (Å²) in [7, 11) is 0. The molecule has 0 aliphatic heterocycles. The summed E-state index contributed by atoms with van der Waals surface area (Å²) in [6.45, 7) is 5.41. The molecule has 0 nitrogen and oxygen atoms in total. The molecule has 0 heterocycles. The minimum absolute atomic E-state index is 0.443. The van der Waals surface area contributed by atoms with Crippen LogP contribution in [0.2, 0.25) is 0 Å². The number of hydrogen-bond donors (Lipinski definition) is 3. The van der Waals surface area contributed by atoms with Crippen LogP contribution in [0.15, 0.2) is 12.7 Å². The van der Waals surface area contributed by atoms with Crippen LogP contribution in [0, 0.1) is 0 Å². The molecule has 1 atom stereocenters. The molecule has 0 aliphatic rings. The molecule has 0 bridgehead atoms. The molecule has 0 aliphatic carbocycles. The smallest absolute Gasteiger partial charge is 0.00799 e. The zero-order valence-corrected chi connectivity index (χ0v) is 8.30. The largest absolute Gasteiger partial charge is 0.178 e. The average Bonchev–Trinajstić information content (AvgIpc) is 1.89. The highest BCUT2D eigenvalue weighted by atomic mass is 32.1. The minimum Gasteiger partial charge on any atom is -0.178 e.